The van der Waals surface area contributed by atoms with Gasteiger partial charge in [-0.3, -0.25) is 0 Å². The smallest absolute Gasteiger partial charge is 0.339 e. The summed E-state index contributed by atoms with van der Waals surface area (Å²) >= 11 is 0. The van der Waals surface area contributed by atoms with Gasteiger partial charge in [-0.05, 0) is 35.4 Å². The van der Waals surface area contributed by atoms with Gasteiger partial charge in [-0.2, -0.15) is 0 Å². The van der Waals surface area contributed by atoms with Gasteiger partial charge < -0.3 is 34.6 Å². The van der Waals surface area contributed by atoms with Gasteiger partial charge in [0.2, 0.25) is 0 Å². The summed E-state index contributed by atoms with van der Waals surface area (Å²) in [4.78, 5) is 12.3. The predicted molar refractivity (Wildman–Crippen MR) is 97.4 cm³/mol. The quantitative estimate of drug-likeness (QED) is 0.544. The number of hydrogen-bond acceptors (Lipinski definition) is 8. The van der Waals surface area contributed by atoms with Crippen LogP contribution in [0.2, 0.25) is 0 Å². The van der Waals surface area contributed by atoms with Crippen LogP contribution in [-0.2, 0) is 16.0 Å². The van der Waals surface area contributed by atoms with Crippen LogP contribution in [0.4, 0.5) is 0 Å². The van der Waals surface area contributed by atoms with E-state index in [0.717, 1.165) is 0 Å². The molecular formula is C20H22O8. The molecule has 0 saturated carbocycles. The first-order valence-corrected chi connectivity index (χ1v) is 8.60. The summed E-state index contributed by atoms with van der Waals surface area (Å²) in [7, 11) is 2.77. The zero-order valence-electron chi connectivity index (χ0n) is 15.5. The van der Waals surface area contributed by atoms with Crippen LogP contribution < -0.4 is 9.47 Å². The van der Waals surface area contributed by atoms with Gasteiger partial charge in [-0.15, -0.1) is 0 Å². The average Bonchev–Trinajstić information content (AvgIpc) is 2.97. The Labute approximate surface area is 161 Å². The van der Waals surface area contributed by atoms with Crippen molar-refractivity contribution in [3.63, 3.8) is 0 Å². The van der Waals surface area contributed by atoms with E-state index in [9.17, 15) is 25.2 Å². The maximum Gasteiger partial charge on any atom is 0.339 e. The lowest BCUT2D eigenvalue weighted by atomic mass is 9.79. The third-order valence-electron chi connectivity index (χ3n) is 5.01. The first-order chi connectivity index (χ1) is 13.3. The number of benzene rings is 2. The minimum Gasteiger partial charge on any atom is -0.504 e. The summed E-state index contributed by atoms with van der Waals surface area (Å²) in [5, 5.41) is 41.4. The minimum atomic E-state index is -1.98. The molecule has 4 N–H and O–H groups in total. The normalized spacial score (nSPS) is 22.6. The molecule has 0 aliphatic carbocycles. The Morgan fingerprint density at radius 1 is 1.11 bits per heavy atom. The number of carbonyl (C=O) groups excluding carboxylic acids is 1. The molecule has 8 nitrogen and oxygen atoms in total. The number of aliphatic hydroxyl groups is 2. The fourth-order valence-corrected chi connectivity index (χ4v) is 3.39. The van der Waals surface area contributed by atoms with Crippen molar-refractivity contribution in [1.29, 1.82) is 0 Å². The molecule has 1 heterocycles. The molecule has 150 valence electrons. The van der Waals surface area contributed by atoms with Gasteiger partial charge >= 0.3 is 5.97 Å². The van der Waals surface area contributed by atoms with Gasteiger partial charge in [0.1, 0.15) is 6.61 Å². The van der Waals surface area contributed by atoms with Crippen LogP contribution in [0.1, 0.15) is 17.2 Å². The highest BCUT2D eigenvalue weighted by Gasteiger charge is 2.54. The van der Waals surface area contributed by atoms with E-state index in [-0.39, 0.29) is 36.0 Å². The number of phenols is 2. The number of ether oxygens (including phenoxy) is 3. The van der Waals surface area contributed by atoms with Gasteiger partial charge in [0.05, 0.1) is 26.2 Å². The monoisotopic (exact) mass is 390 g/mol. The number of hydrogen-bond donors (Lipinski definition) is 4. The van der Waals surface area contributed by atoms with Crippen LogP contribution >= 0.6 is 0 Å². The Bertz CT molecular complexity index is 881. The van der Waals surface area contributed by atoms with E-state index in [1.165, 1.54) is 44.6 Å². The number of aromatic hydroxyl groups is 2. The average molecular weight is 390 g/mol. The van der Waals surface area contributed by atoms with E-state index in [1.807, 2.05) is 0 Å². The molecule has 0 amide bonds. The Balaban J connectivity index is 1.91. The summed E-state index contributed by atoms with van der Waals surface area (Å²) in [5.41, 5.74) is -1.09. The van der Waals surface area contributed by atoms with Crippen molar-refractivity contribution in [2.24, 2.45) is 5.92 Å². The van der Waals surface area contributed by atoms with Crippen LogP contribution in [0, 0.1) is 5.92 Å². The molecule has 1 aliphatic rings. The summed E-state index contributed by atoms with van der Waals surface area (Å²) in [6, 6.07) is 8.73. The Morgan fingerprint density at radius 2 is 1.71 bits per heavy atom. The van der Waals surface area contributed by atoms with Crippen molar-refractivity contribution in [1.82, 2.24) is 0 Å². The first-order valence-electron chi connectivity index (χ1n) is 8.60. The molecule has 1 saturated heterocycles. The molecular weight excluding hydrogens is 368 g/mol. The molecule has 2 aromatic carbocycles. The molecule has 3 atom stereocenters. The molecule has 0 spiro atoms. The molecule has 2 aromatic rings. The largest absolute Gasteiger partial charge is 0.504 e. The number of carbonyl (C=O) groups is 1. The number of aliphatic hydroxyl groups excluding tert-OH is 1. The van der Waals surface area contributed by atoms with Crippen molar-refractivity contribution in [2.75, 3.05) is 20.8 Å². The van der Waals surface area contributed by atoms with Crippen LogP contribution in [-0.4, -0.2) is 52.8 Å². The second-order valence-electron chi connectivity index (χ2n) is 6.69. The van der Waals surface area contributed by atoms with Crippen molar-refractivity contribution < 1.29 is 39.4 Å². The molecule has 0 aromatic heterocycles. The van der Waals surface area contributed by atoms with E-state index in [1.54, 1.807) is 6.07 Å². The lowest BCUT2D eigenvalue weighted by Gasteiger charge is -2.29. The van der Waals surface area contributed by atoms with Gasteiger partial charge in [0.25, 0.3) is 0 Å². The van der Waals surface area contributed by atoms with Crippen LogP contribution in [0.5, 0.6) is 23.0 Å². The lowest BCUT2D eigenvalue weighted by Crippen LogP contribution is -2.45. The first kappa shape index (κ1) is 19.8. The number of cyclic esters (lactones) is 1. The molecule has 3 unspecified atom stereocenters. The SMILES string of the molecule is COc1cc(CC2(O)C(=O)OCC2C(O)c2ccc(O)c(OC)c2)ccc1O. The standard InChI is InChI=1S/C20H22O8/c1-26-16-7-11(3-5-14(16)21)9-20(25)13(10-28-19(20)24)18(23)12-4-6-15(22)17(8-12)27-2/h3-8,13,18,21-23,25H,9-10H2,1-2H3. The fraction of sp³-hybridized carbons (Fsp3) is 0.350. The number of rotatable bonds is 6. The second kappa shape index (κ2) is 7.57. The maximum absolute atomic E-state index is 12.3. The third kappa shape index (κ3) is 3.44. The zero-order chi connectivity index (χ0) is 20.5. The van der Waals surface area contributed by atoms with E-state index in [4.69, 9.17) is 14.2 Å². The Hall–Kier alpha value is -2.97. The lowest BCUT2D eigenvalue weighted by molar-refractivity contribution is -0.155. The van der Waals surface area contributed by atoms with Crippen LogP contribution in [0.25, 0.3) is 0 Å². The highest BCUT2D eigenvalue weighted by molar-refractivity contribution is 5.82. The van der Waals surface area contributed by atoms with E-state index in [2.05, 4.69) is 0 Å². The number of esters is 1. The van der Waals surface area contributed by atoms with Crippen molar-refractivity contribution in [3.8, 4) is 23.0 Å². The van der Waals surface area contributed by atoms with Gasteiger partial charge in [-0.25, -0.2) is 4.79 Å². The summed E-state index contributed by atoms with van der Waals surface area (Å²) < 4.78 is 15.1. The molecule has 0 radical (unpaired) electrons. The van der Waals surface area contributed by atoms with Crippen LogP contribution in [0.15, 0.2) is 36.4 Å². The second-order valence-corrected chi connectivity index (χ2v) is 6.69. The molecule has 3 rings (SSSR count). The fourth-order valence-electron chi connectivity index (χ4n) is 3.39. The highest BCUT2D eigenvalue weighted by atomic mass is 16.6. The molecule has 0 bridgehead atoms. The van der Waals surface area contributed by atoms with E-state index >= 15 is 0 Å². The van der Waals surface area contributed by atoms with Crippen molar-refractivity contribution in [3.05, 3.63) is 47.5 Å². The summed E-state index contributed by atoms with van der Waals surface area (Å²) in [6.07, 6.45) is -1.38. The maximum atomic E-state index is 12.3. The Morgan fingerprint density at radius 3 is 2.36 bits per heavy atom. The minimum absolute atomic E-state index is 0.0694. The van der Waals surface area contributed by atoms with E-state index < -0.39 is 23.6 Å². The van der Waals surface area contributed by atoms with E-state index in [0.29, 0.717) is 11.1 Å². The Kier molecular flexibility index (Phi) is 5.35. The molecule has 1 aliphatic heterocycles. The molecule has 28 heavy (non-hydrogen) atoms. The van der Waals surface area contributed by atoms with Crippen molar-refractivity contribution >= 4 is 5.97 Å². The zero-order valence-corrected chi connectivity index (χ0v) is 15.5. The summed E-state index contributed by atoms with van der Waals surface area (Å²) in [6.45, 7) is -0.172. The van der Waals surface area contributed by atoms with Gasteiger partial charge in [-0.1, -0.05) is 12.1 Å². The highest BCUT2D eigenvalue weighted by Crippen LogP contribution is 2.41. The van der Waals surface area contributed by atoms with Gasteiger partial charge in [0.15, 0.2) is 28.6 Å². The third-order valence-corrected chi connectivity index (χ3v) is 5.01. The number of methoxy groups -OCH3 is 2. The molecule has 8 heteroatoms. The molecule has 1 fully saturated rings. The van der Waals surface area contributed by atoms with Gasteiger partial charge in [0, 0.05) is 6.42 Å². The topological polar surface area (TPSA) is 126 Å². The summed E-state index contributed by atoms with van der Waals surface area (Å²) in [5.74, 6) is -1.59. The van der Waals surface area contributed by atoms with Crippen molar-refractivity contribution in [2.45, 2.75) is 18.1 Å². The number of phenolic OH excluding ortho intramolecular Hbond substituents is 2. The predicted octanol–water partition coefficient (Wildman–Crippen LogP) is 1.30. The van der Waals surface area contributed by atoms with Crippen LogP contribution in [0.3, 0.4) is 0 Å².